The zero-order chi connectivity index (χ0) is 10.9. The Hall–Kier alpha value is -1.42. The van der Waals surface area contributed by atoms with Crippen molar-refractivity contribution in [2.75, 3.05) is 0 Å². The SMILES string of the molecule is N[C@@]1(O)C(c2ccccc2)=CC=C[C@@H]1O. The third kappa shape index (κ3) is 1.72. The lowest BCUT2D eigenvalue weighted by atomic mass is 9.88. The van der Waals surface area contributed by atoms with Gasteiger partial charge in [0.1, 0.15) is 6.10 Å². The van der Waals surface area contributed by atoms with Crippen LogP contribution in [0.1, 0.15) is 5.56 Å². The predicted molar refractivity (Wildman–Crippen MR) is 58.7 cm³/mol. The van der Waals surface area contributed by atoms with Crippen molar-refractivity contribution in [3.8, 4) is 0 Å². The normalized spacial score (nSPS) is 30.1. The molecule has 0 aliphatic heterocycles. The molecule has 2 rings (SSSR count). The second kappa shape index (κ2) is 3.62. The van der Waals surface area contributed by atoms with E-state index in [4.69, 9.17) is 5.73 Å². The number of aliphatic hydroxyl groups excluding tert-OH is 1. The highest BCUT2D eigenvalue weighted by Gasteiger charge is 2.35. The predicted octanol–water partition coefficient (Wildman–Crippen LogP) is 0.648. The third-order valence-corrected chi connectivity index (χ3v) is 2.52. The molecule has 1 aromatic rings. The van der Waals surface area contributed by atoms with E-state index in [9.17, 15) is 10.2 Å². The minimum absolute atomic E-state index is 0.526. The molecule has 1 aliphatic carbocycles. The second-order valence-corrected chi connectivity index (χ2v) is 3.60. The van der Waals surface area contributed by atoms with E-state index in [1.807, 2.05) is 30.3 Å². The van der Waals surface area contributed by atoms with E-state index in [0.717, 1.165) is 5.56 Å². The molecule has 4 N–H and O–H groups in total. The largest absolute Gasteiger partial charge is 0.384 e. The van der Waals surface area contributed by atoms with Gasteiger partial charge in [-0.15, -0.1) is 0 Å². The fourth-order valence-electron chi connectivity index (χ4n) is 1.64. The lowest BCUT2D eigenvalue weighted by Gasteiger charge is -2.32. The highest BCUT2D eigenvalue weighted by molar-refractivity contribution is 5.75. The van der Waals surface area contributed by atoms with Gasteiger partial charge in [-0.1, -0.05) is 48.6 Å². The lowest BCUT2D eigenvalue weighted by molar-refractivity contribution is -0.00197. The lowest BCUT2D eigenvalue weighted by Crippen LogP contribution is -2.51. The quantitative estimate of drug-likeness (QED) is 0.587. The number of aliphatic hydroxyl groups is 2. The van der Waals surface area contributed by atoms with Crippen LogP contribution in [0.15, 0.2) is 48.6 Å². The summed E-state index contributed by atoms with van der Waals surface area (Å²) in [5.41, 5.74) is 5.31. The van der Waals surface area contributed by atoms with Gasteiger partial charge in [-0.25, -0.2) is 0 Å². The number of benzene rings is 1. The minimum atomic E-state index is -1.71. The van der Waals surface area contributed by atoms with Crippen LogP contribution in [0.2, 0.25) is 0 Å². The van der Waals surface area contributed by atoms with Gasteiger partial charge in [0.05, 0.1) is 0 Å². The van der Waals surface area contributed by atoms with E-state index in [2.05, 4.69) is 0 Å². The van der Waals surface area contributed by atoms with Crippen LogP contribution in [0.4, 0.5) is 0 Å². The van der Waals surface area contributed by atoms with Crippen LogP contribution in [0.25, 0.3) is 5.57 Å². The highest BCUT2D eigenvalue weighted by Crippen LogP contribution is 2.29. The first kappa shape index (κ1) is 10.1. The van der Waals surface area contributed by atoms with Gasteiger partial charge in [0, 0.05) is 5.57 Å². The molecule has 0 aromatic heterocycles. The van der Waals surface area contributed by atoms with Crippen molar-refractivity contribution < 1.29 is 10.2 Å². The molecule has 78 valence electrons. The maximum atomic E-state index is 9.96. The zero-order valence-corrected chi connectivity index (χ0v) is 8.17. The van der Waals surface area contributed by atoms with E-state index in [1.165, 1.54) is 6.08 Å². The van der Waals surface area contributed by atoms with Crippen molar-refractivity contribution in [3.05, 3.63) is 54.1 Å². The van der Waals surface area contributed by atoms with Gasteiger partial charge in [-0.05, 0) is 5.56 Å². The van der Waals surface area contributed by atoms with Gasteiger partial charge < -0.3 is 10.2 Å². The first-order valence-electron chi connectivity index (χ1n) is 4.76. The summed E-state index contributed by atoms with van der Waals surface area (Å²) in [6.07, 6.45) is 3.79. The average Bonchev–Trinajstić information content (AvgIpc) is 2.23. The molecule has 3 nitrogen and oxygen atoms in total. The van der Waals surface area contributed by atoms with E-state index in [1.54, 1.807) is 12.2 Å². The van der Waals surface area contributed by atoms with Crippen LogP contribution in [-0.2, 0) is 0 Å². The highest BCUT2D eigenvalue weighted by atomic mass is 16.4. The Kier molecular flexibility index (Phi) is 2.44. The van der Waals surface area contributed by atoms with Gasteiger partial charge in [-0.3, -0.25) is 5.73 Å². The van der Waals surface area contributed by atoms with Crippen molar-refractivity contribution in [3.63, 3.8) is 0 Å². The van der Waals surface area contributed by atoms with Crippen LogP contribution in [0.3, 0.4) is 0 Å². The molecule has 0 fully saturated rings. The Bertz CT molecular complexity index is 407. The Morgan fingerprint density at radius 3 is 2.53 bits per heavy atom. The van der Waals surface area contributed by atoms with E-state index < -0.39 is 11.8 Å². The molecule has 1 aromatic carbocycles. The van der Waals surface area contributed by atoms with Crippen molar-refractivity contribution in [1.82, 2.24) is 0 Å². The summed E-state index contributed by atoms with van der Waals surface area (Å²) in [5.74, 6) is 0. The number of nitrogens with two attached hydrogens (primary N) is 1. The molecule has 0 saturated heterocycles. The summed E-state index contributed by atoms with van der Waals surface area (Å²) in [6.45, 7) is 0. The summed E-state index contributed by atoms with van der Waals surface area (Å²) in [7, 11) is 0. The van der Waals surface area contributed by atoms with E-state index in [0.29, 0.717) is 5.57 Å². The molecule has 0 saturated carbocycles. The Morgan fingerprint density at radius 1 is 1.20 bits per heavy atom. The Labute approximate surface area is 88.2 Å². The van der Waals surface area contributed by atoms with Crippen molar-refractivity contribution in [2.45, 2.75) is 11.8 Å². The number of allylic oxidation sites excluding steroid dienone is 2. The molecule has 1 aliphatic rings. The molecule has 0 spiro atoms. The summed E-state index contributed by atoms with van der Waals surface area (Å²) in [4.78, 5) is 0. The summed E-state index contributed by atoms with van der Waals surface area (Å²) in [6, 6.07) is 9.29. The minimum Gasteiger partial charge on any atom is -0.384 e. The van der Waals surface area contributed by atoms with Crippen molar-refractivity contribution >= 4 is 5.57 Å². The molecule has 0 unspecified atom stereocenters. The summed E-state index contributed by atoms with van der Waals surface area (Å²) >= 11 is 0. The first-order valence-corrected chi connectivity index (χ1v) is 4.76. The maximum Gasteiger partial charge on any atom is 0.170 e. The molecule has 3 heteroatoms. The molecule has 0 radical (unpaired) electrons. The van der Waals surface area contributed by atoms with Gasteiger partial charge in [-0.2, -0.15) is 0 Å². The topological polar surface area (TPSA) is 66.5 Å². The number of rotatable bonds is 1. The van der Waals surface area contributed by atoms with E-state index in [-0.39, 0.29) is 0 Å². The summed E-state index contributed by atoms with van der Waals surface area (Å²) < 4.78 is 0. The third-order valence-electron chi connectivity index (χ3n) is 2.52. The zero-order valence-electron chi connectivity index (χ0n) is 8.17. The molecular formula is C12H13NO2. The molecule has 15 heavy (non-hydrogen) atoms. The molecule has 0 heterocycles. The number of hydrogen-bond acceptors (Lipinski definition) is 3. The van der Waals surface area contributed by atoms with Crippen molar-refractivity contribution in [1.29, 1.82) is 0 Å². The van der Waals surface area contributed by atoms with Crippen LogP contribution in [0.5, 0.6) is 0 Å². The first-order chi connectivity index (χ1) is 7.12. The second-order valence-electron chi connectivity index (χ2n) is 3.60. The smallest absolute Gasteiger partial charge is 0.170 e. The molecule has 2 atom stereocenters. The molecule has 0 amide bonds. The number of hydrogen-bond donors (Lipinski definition) is 3. The van der Waals surface area contributed by atoms with Crippen molar-refractivity contribution in [2.24, 2.45) is 5.73 Å². The average molecular weight is 203 g/mol. The Balaban J connectivity index is 2.45. The van der Waals surface area contributed by atoms with Gasteiger partial charge >= 0.3 is 0 Å². The van der Waals surface area contributed by atoms with Crippen LogP contribution in [0, 0.1) is 0 Å². The van der Waals surface area contributed by atoms with E-state index >= 15 is 0 Å². The fraction of sp³-hybridized carbons (Fsp3) is 0.167. The fourth-order valence-corrected chi connectivity index (χ4v) is 1.64. The Morgan fingerprint density at radius 2 is 1.87 bits per heavy atom. The van der Waals surface area contributed by atoms with Gasteiger partial charge in [0.15, 0.2) is 5.72 Å². The summed E-state index contributed by atoms with van der Waals surface area (Å²) in [5, 5.41) is 19.5. The van der Waals surface area contributed by atoms with Crippen LogP contribution >= 0.6 is 0 Å². The maximum absolute atomic E-state index is 9.96. The standard InChI is InChI=1S/C12H13NO2/c13-12(15)10(7-4-8-11(12)14)9-5-2-1-3-6-9/h1-8,11,14-15H,13H2/t11-,12+/m0/s1. The van der Waals surface area contributed by atoms with Crippen LogP contribution in [-0.4, -0.2) is 22.0 Å². The van der Waals surface area contributed by atoms with Gasteiger partial charge in [0.2, 0.25) is 0 Å². The molecular weight excluding hydrogens is 190 g/mol. The van der Waals surface area contributed by atoms with Crippen LogP contribution < -0.4 is 5.73 Å². The van der Waals surface area contributed by atoms with Gasteiger partial charge in [0.25, 0.3) is 0 Å². The monoisotopic (exact) mass is 203 g/mol. The molecule has 0 bridgehead atoms.